The van der Waals surface area contributed by atoms with Crippen LogP contribution in [0, 0.1) is 0 Å². The summed E-state index contributed by atoms with van der Waals surface area (Å²) in [6.45, 7) is 4.03. The molecule has 0 saturated heterocycles. The highest BCUT2D eigenvalue weighted by Gasteiger charge is 2.07. The lowest BCUT2D eigenvalue weighted by Gasteiger charge is -2.10. The van der Waals surface area contributed by atoms with E-state index in [9.17, 15) is 0 Å². The molecule has 31 heavy (non-hydrogen) atoms. The Balaban J connectivity index is 1.31. The molecule has 0 spiro atoms. The lowest BCUT2D eigenvalue weighted by atomic mass is 10.2. The molecule has 0 unspecified atom stereocenters. The van der Waals surface area contributed by atoms with Crippen molar-refractivity contribution in [1.82, 2.24) is 20.6 Å². The molecule has 4 rings (SSSR count). The molecule has 0 bridgehead atoms. The Morgan fingerprint density at radius 2 is 1.68 bits per heavy atom. The molecule has 4 aromatic rings. The number of nitrogens with zero attached hydrogens (tertiary/aromatic N) is 3. The molecule has 0 radical (unpaired) electrons. The van der Waals surface area contributed by atoms with Gasteiger partial charge in [0.05, 0.1) is 12.2 Å². The summed E-state index contributed by atoms with van der Waals surface area (Å²) in [6, 6.07) is 20.1. The van der Waals surface area contributed by atoms with E-state index in [0.717, 1.165) is 53.0 Å². The second kappa shape index (κ2) is 10.5. The quantitative estimate of drug-likeness (QED) is 0.311. The van der Waals surface area contributed by atoms with E-state index >= 15 is 0 Å². The average Bonchev–Trinajstić information content (AvgIpc) is 3.49. The fourth-order valence-corrected chi connectivity index (χ4v) is 3.90. The Morgan fingerprint density at radius 1 is 0.935 bits per heavy atom. The molecule has 0 aliphatic carbocycles. The second-order valence-electron chi connectivity index (χ2n) is 6.89. The highest BCUT2D eigenvalue weighted by molar-refractivity contribution is 7.13. The van der Waals surface area contributed by atoms with Crippen LogP contribution in [0.15, 0.2) is 81.7 Å². The van der Waals surface area contributed by atoms with Gasteiger partial charge in [0.2, 0.25) is 5.89 Å². The van der Waals surface area contributed by atoms with Gasteiger partial charge in [-0.15, -0.1) is 11.3 Å². The number of aromatic nitrogens is 2. The number of hydrogen-bond acceptors (Lipinski definition) is 5. The summed E-state index contributed by atoms with van der Waals surface area (Å²) in [7, 11) is 0. The van der Waals surface area contributed by atoms with Gasteiger partial charge in [-0.05, 0) is 19.1 Å². The van der Waals surface area contributed by atoms with Gasteiger partial charge in [0.25, 0.3) is 0 Å². The van der Waals surface area contributed by atoms with Crippen LogP contribution in [0.5, 0.6) is 0 Å². The Labute approximate surface area is 186 Å². The maximum atomic E-state index is 5.59. The molecule has 0 aliphatic heterocycles. The molecule has 6 nitrogen and oxygen atoms in total. The van der Waals surface area contributed by atoms with Gasteiger partial charge in [0, 0.05) is 36.0 Å². The Kier molecular flexibility index (Phi) is 7.08. The van der Waals surface area contributed by atoms with Crippen molar-refractivity contribution in [1.29, 1.82) is 0 Å². The molecule has 0 aliphatic rings. The first-order valence-electron chi connectivity index (χ1n) is 10.3. The molecular formula is C24H25N5OS. The van der Waals surface area contributed by atoms with E-state index in [1.54, 1.807) is 17.6 Å². The zero-order valence-corrected chi connectivity index (χ0v) is 18.2. The fraction of sp³-hybridized carbons (Fsp3) is 0.208. The van der Waals surface area contributed by atoms with Crippen molar-refractivity contribution >= 4 is 17.3 Å². The van der Waals surface area contributed by atoms with Crippen LogP contribution in [0.4, 0.5) is 0 Å². The van der Waals surface area contributed by atoms with Crippen molar-refractivity contribution in [2.45, 2.75) is 19.9 Å². The van der Waals surface area contributed by atoms with Gasteiger partial charge in [-0.2, -0.15) is 0 Å². The van der Waals surface area contributed by atoms with Crippen LogP contribution in [-0.2, 0) is 13.0 Å². The molecular weight excluding hydrogens is 406 g/mol. The summed E-state index contributed by atoms with van der Waals surface area (Å²) in [4.78, 5) is 13.9. The minimum Gasteiger partial charge on any atom is -0.444 e. The Morgan fingerprint density at radius 3 is 2.42 bits per heavy atom. The molecule has 0 atom stereocenters. The number of thiazole rings is 1. The van der Waals surface area contributed by atoms with E-state index in [1.165, 1.54) is 0 Å². The molecule has 0 fully saturated rings. The largest absolute Gasteiger partial charge is 0.444 e. The summed E-state index contributed by atoms with van der Waals surface area (Å²) in [5, 5.41) is 9.82. The van der Waals surface area contributed by atoms with Crippen molar-refractivity contribution in [3.63, 3.8) is 0 Å². The zero-order chi connectivity index (χ0) is 21.3. The highest BCUT2D eigenvalue weighted by atomic mass is 32.1. The molecule has 0 amide bonds. The third-order valence-corrected chi connectivity index (χ3v) is 5.50. The van der Waals surface area contributed by atoms with Crippen molar-refractivity contribution in [2.24, 2.45) is 4.99 Å². The third kappa shape index (κ3) is 5.79. The maximum absolute atomic E-state index is 5.59. The number of aliphatic imine (C=N–C) groups is 1. The van der Waals surface area contributed by atoms with E-state index < -0.39 is 0 Å². The molecule has 2 N–H and O–H groups in total. The predicted octanol–water partition coefficient (Wildman–Crippen LogP) is 4.76. The van der Waals surface area contributed by atoms with Gasteiger partial charge in [-0.3, -0.25) is 0 Å². The lowest BCUT2D eigenvalue weighted by molar-refractivity contribution is 0.572. The number of benzene rings is 2. The van der Waals surface area contributed by atoms with E-state index in [-0.39, 0.29) is 0 Å². The number of nitrogens with one attached hydrogen (secondary N) is 2. The van der Waals surface area contributed by atoms with Gasteiger partial charge < -0.3 is 15.1 Å². The number of rotatable bonds is 8. The van der Waals surface area contributed by atoms with E-state index in [0.29, 0.717) is 12.4 Å². The number of oxazole rings is 1. The minimum absolute atomic E-state index is 0.445. The van der Waals surface area contributed by atoms with Gasteiger partial charge in [0.1, 0.15) is 17.0 Å². The summed E-state index contributed by atoms with van der Waals surface area (Å²) in [5.41, 5.74) is 3.99. The van der Waals surface area contributed by atoms with Crippen LogP contribution in [0.2, 0.25) is 0 Å². The van der Waals surface area contributed by atoms with E-state index in [1.807, 2.05) is 55.5 Å². The molecule has 7 heteroatoms. The first-order chi connectivity index (χ1) is 15.3. The third-order valence-electron chi connectivity index (χ3n) is 4.56. The standard InChI is InChI=1S/C24H25N5OS/c1-2-25-24(27-15-21-16-30-22(28-21)18-9-5-3-6-10-18)26-14-13-20-17-31-23(29-20)19-11-7-4-8-12-19/h3-12,16-17H,2,13-15H2,1H3,(H2,25,26,27). The normalized spacial score (nSPS) is 11.5. The zero-order valence-electron chi connectivity index (χ0n) is 17.4. The van der Waals surface area contributed by atoms with Crippen molar-refractivity contribution < 1.29 is 4.42 Å². The van der Waals surface area contributed by atoms with E-state index in [2.05, 4.69) is 38.1 Å². The van der Waals surface area contributed by atoms with Crippen LogP contribution in [0.1, 0.15) is 18.3 Å². The second-order valence-corrected chi connectivity index (χ2v) is 7.75. The topological polar surface area (TPSA) is 75.3 Å². The summed E-state index contributed by atoms with van der Waals surface area (Å²) >= 11 is 1.68. The van der Waals surface area contributed by atoms with Crippen molar-refractivity contribution in [2.75, 3.05) is 13.1 Å². The van der Waals surface area contributed by atoms with Crippen LogP contribution in [0.3, 0.4) is 0 Å². The van der Waals surface area contributed by atoms with Gasteiger partial charge in [-0.1, -0.05) is 48.5 Å². The van der Waals surface area contributed by atoms with Crippen LogP contribution < -0.4 is 10.6 Å². The first kappa shape index (κ1) is 20.8. The molecule has 2 aromatic carbocycles. The number of guanidine groups is 1. The Bertz CT molecular complexity index is 1110. The molecule has 2 aromatic heterocycles. The van der Waals surface area contributed by atoms with Gasteiger partial charge in [-0.25, -0.2) is 15.0 Å². The highest BCUT2D eigenvalue weighted by Crippen LogP contribution is 2.23. The SMILES string of the molecule is CCNC(=NCc1coc(-c2ccccc2)n1)NCCc1csc(-c2ccccc2)n1. The van der Waals surface area contributed by atoms with Crippen LogP contribution in [0.25, 0.3) is 22.0 Å². The van der Waals surface area contributed by atoms with Crippen LogP contribution in [-0.4, -0.2) is 29.0 Å². The van der Waals surface area contributed by atoms with E-state index in [4.69, 9.17) is 9.40 Å². The summed E-state index contributed by atoms with van der Waals surface area (Å²) < 4.78 is 5.59. The van der Waals surface area contributed by atoms with Crippen molar-refractivity contribution in [3.05, 3.63) is 83.7 Å². The van der Waals surface area contributed by atoms with Crippen LogP contribution >= 0.6 is 11.3 Å². The first-order valence-corrected chi connectivity index (χ1v) is 11.2. The minimum atomic E-state index is 0.445. The molecule has 0 saturated carbocycles. The molecule has 2 heterocycles. The molecule has 158 valence electrons. The number of hydrogen-bond donors (Lipinski definition) is 2. The smallest absolute Gasteiger partial charge is 0.226 e. The Hall–Kier alpha value is -3.45. The maximum Gasteiger partial charge on any atom is 0.226 e. The fourth-order valence-electron chi connectivity index (χ4n) is 3.04. The van der Waals surface area contributed by atoms with Gasteiger partial charge >= 0.3 is 0 Å². The summed E-state index contributed by atoms with van der Waals surface area (Å²) in [6.07, 6.45) is 2.49. The lowest BCUT2D eigenvalue weighted by Crippen LogP contribution is -2.38. The van der Waals surface area contributed by atoms with Gasteiger partial charge in [0.15, 0.2) is 5.96 Å². The average molecular weight is 432 g/mol. The summed E-state index contributed by atoms with van der Waals surface area (Å²) in [5.74, 6) is 1.37. The monoisotopic (exact) mass is 431 g/mol. The predicted molar refractivity (Wildman–Crippen MR) is 126 cm³/mol. The van der Waals surface area contributed by atoms with Crippen molar-refractivity contribution in [3.8, 4) is 22.0 Å².